The molecule has 19 nitrogen and oxygen atoms in total. The highest BCUT2D eigenvalue weighted by atomic mass is 28.4. The average Bonchev–Trinajstić information content (AvgIpc) is 1.17. The number of amides is 3. The van der Waals surface area contributed by atoms with E-state index in [2.05, 4.69) is 61.0 Å². The molecule has 1 saturated carbocycles. The molecule has 7 aromatic carbocycles. The molecule has 1 unspecified atom stereocenters. The van der Waals surface area contributed by atoms with E-state index in [1.807, 2.05) is 166 Å². The van der Waals surface area contributed by atoms with E-state index >= 15 is 4.79 Å². The standard InChI is InChI=1S/C73H81N3O16Si2/c1-72(2,3)94(52-37-23-11-24-38-52,53-39-25-12-26-40-53)86-46-57-60(77)54(42-73(4,5)93(82,50-33-19-9-20-34-50)51-35-21-10-22-36-51)67(87-57)91-65-62(55(41-56-63(65)92-71(81)75-56)74-69(79)84-43-47-27-13-6-14-28-47)89-68-59(76-70(80)85-44-48-29-15-7-16-30-48)61(78)64-58(88-68)45-83-66(90-64)49-31-17-8-18-32-49/h6-40,54-60,62-68,77,82H,41-46H2,1-5H3,(H,74,79)(H,75,81)(H,76,80)/t54-,55+,56-,57-,58-,59-,60+,62-,63+,64-,65+,66?,67+,68-/m1/s1. The van der Waals surface area contributed by atoms with Gasteiger partial charge in [0.2, 0.25) is 0 Å². The van der Waals surface area contributed by atoms with Gasteiger partial charge in [0.1, 0.15) is 43.7 Å². The summed E-state index contributed by atoms with van der Waals surface area (Å²) in [4.78, 5) is 71.2. The molecule has 5 aliphatic rings. The highest BCUT2D eigenvalue weighted by molar-refractivity contribution is 6.99. The second-order valence-corrected chi connectivity index (χ2v) is 34.6. The van der Waals surface area contributed by atoms with E-state index in [1.54, 1.807) is 36.4 Å². The van der Waals surface area contributed by atoms with Gasteiger partial charge in [-0.2, -0.15) is 0 Å². The molecule has 12 rings (SSSR count). The minimum absolute atomic E-state index is 0.0252. The number of benzene rings is 7. The van der Waals surface area contributed by atoms with Crippen molar-refractivity contribution in [3.8, 4) is 0 Å². The van der Waals surface area contributed by atoms with Gasteiger partial charge < -0.3 is 72.9 Å². The first kappa shape index (κ1) is 66.1. The van der Waals surface area contributed by atoms with Crippen molar-refractivity contribution < 1.29 is 76.1 Å². The summed E-state index contributed by atoms with van der Waals surface area (Å²) in [6, 6.07) is 63.0. The van der Waals surface area contributed by atoms with Gasteiger partial charge in [-0.3, -0.25) is 4.79 Å². The van der Waals surface area contributed by atoms with E-state index in [0.29, 0.717) is 16.7 Å². The maximum atomic E-state index is 15.3. The smallest absolute Gasteiger partial charge is 0.408 e. The van der Waals surface area contributed by atoms with Crippen molar-refractivity contribution >= 4 is 61.4 Å². The maximum Gasteiger partial charge on any atom is 0.408 e. The van der Waals surface area contributed by atoms with Gasteiger partial charge in [0.15, 0.2) is 36.9 Å². The first-order valence-electron chi connectivity index (χ1n) is 32.1. The Morgan fingerprint density at radius 2 is 1.10 bits per heavy atom. The van der Waals surface area contributed by atoms with Gasteiger partial charge in [-0.1, -0.05) is 247 Å². The molecule has 5 N–H and O–H groups in total. The monoisotopic (exact) mass is 1310 g/mol. The van der Waals surface area contributed by atoms with Crippen molar-refractivity contribution in [3.63, 3.8) is 0 Å². The molecule has 4 aliphatic heterocycles. The van der Waals surface area contributed by atoms with Crippen LogP contribution in [0.1, 0.15) is 70.4 Å². The van der Waals surface area contributed by atoms with Crippen LogP contribution in [0.2, 0.25) is 10.1 Å². The fourth-order valence-electron chi connectivity index (χ4n) is 14.1. The van der Waals surface area contributed by atoms with Crippen LogP contribution in [-0.4, -0.2) is 137 Å². The molecule has 0 spiro atoms. The molecule has 492 valence electrons. The van der Waals surface area contributed by atoms with Gasteiger partial charge >= 0.3 is 18.3 Å². The number of hydrogen-bond donors (Lipinski definition) is 5. The number of carbonyl (C=O) groups is 4. The topological polar surface area (TPSA) is 237 Å². The summed E-state index contributed by atoms with van der Waals surface area (Å²) in [6.07, 6.45) is -15.4. The average molecular weight is 1310 g/mol. The lowest BCUT2D eigenvalue weighted by Gasteiger charge is -2.48. The van der Waals surface area contributed by atoms with Crippen molar-refractivity contribution in [1.82, 2.24) is 16.0 Å². The summed E-state index contributed by atoms with van der Waals surface area (Å²) in [5.74, 6) is -1.59. The van der Waals surface area contributed by atoms with Crippen LogP contribution in [0.3, 0.4) is 0 Å². The van der Waals surface area contributed by atoms with Crippen LogP contribution >= 0.6 is 0 Å². The first-order chi connectivity index (χ1) is 45.4. The van der Waals surface area contributed by atoms with E-state index < -0.39 is 136 Å². The normalized spacial score (nSPS) is 27.0. The van der Waals surface area contributed by atoms with E-state index in [1.165, 1.54) is 0 Å². The molecule has 4 heterocycles. The predicted molar refractivity (Wildman–Crippen MR) is 353 cm³/mol. The van der Waals surface area contributed by atoms with Crippen LogP contribution in [0.15, 0.2) is 212 Å². The zero-order valence-electron chi connectivity index (χ0n) is 53.1. The predicted octanol–water partition coefficient (Wildman–Crippen LogP) is 7.84. The number of carbonyl (C=O) groups excluding carboxylic acids is 4. The fraction of sp³-hybridized carbons (Fsp3) is 0.370. The Labute approximate surface area is 549 Å². The molecular formula is C73H81N3O16Si2. The van der Waals surface area contributed by atoms with E-state index in [9.17, 15) is 24.3 Å². The Bertz CT molecular complexity index is 3580. The molecule has 14 atom stereocenters. The lowest BCUT2D eigenvalue weighted by molar-refractivity contribution is -0.324. The number of aliphatic hydroxyl groups is 1. The lowest BCUT2D eigenvalue weighted by Crippen LogP contribution is -2.69. The molecule has 94 heavy (non-hydrogen) atoms. The van der Waals surface area contributed by atoms with Crippen LogP contribution in [0, 0.1) is 5.92 Å². The minimum atomic E-state index is -3.84. The first-order valence-corrected chi connectivity index (χ1v) is 35.9. The summed E-state index contributed by atoms with van der Waals surface area (Å²) >= 11 is 0. The highest BCUT2D eigenvalue weighted by Gasteiger charge is 2.61. The van der Waals surface area contributed by atoms with Gasteiger partial charge in [-0.05, 0) is 54.8 Å². The zero-order chi connectivity index (χ0) is 65.6. The molecule has 5 fully saturated rings. The third-order valence-corrected chi connectivity index (χ3v) is 28.3. The van der Waals surface area contributed by atoms with Crippen molar-refractivity contribution in [1.29, 1.82) is 0 Å². The molecule has 7 aromatic rings. The molecule has 4 saturated heterocycles. The molecule has 21 heteroatoms. The fourth-order valence-corrected chi connectivity index (χ4v) is 22.5. The summed E-state index contributed by atoms with van der Waals surface area (Å²) in [7, 11) is -7.14. The second-order valence-electron chi connectivity index (χ2n) is 26.3. The molecule has 1 aliphatic carbocycles. The van der Waals surface area contributed by atoms with E-state index in [-0.39, 0.29) is 39.3 Å². The Kier molecular flexibility index (Phi) is 20.1. The largest absolute Gasteiger partial charge is 0.445 e. The quantitative estimate of drug-likeness (QED) is 0.0340. The number of fused-ring (bicyclic) bond motifs is 2. The number of ether oxygens (including phenoxy) is 9. The molecule has 3 amide bonds. The van der Waals surface area contributed by atoms with Gasteiger partial charge in [-0.15, -0.1) is 0 Å². The third-order valence-electron chi connectivity index (χ3n) is 18.8. The number of Topliss-reactive ketones (excluding diaryl/α,β-unsaturated/α-hetero) is 1. The van der Waals surface area contributed by atoms with Gasteiger partial charge in [-0.25, -0.2) is 14.4 Å². The van der Waals surface area contributed by atoms with Crippen molar-refractivity contribution in [2.75, 3.05) is 13.2 Å². The Balaban J connectivity index is 0.938. The maximum absolute atomic E-state index is 15.3. The van der Waals surface area contributed by atoms with Crippen LogP contribution in [0.25, 0.3) is 0 Å². The Hall–Kier alpha value is -7.91. The van der Waals surface area contributed by atoms with Crippen LogP contribution in [-0.2, 0) is 65.1 Å². The number of nitrogens with one attached hydrogen (secondary N) is 3. The Morgan fingerprint density at radius 1 is 0.606 bits per heavy atom. The number of hydrogen-bond acceptors (Lipinski definition) is 16. The Morgan fingerprint density at radius 3 is 1.63 bits per heavy atom. The number of rotatable bonds is 21. The van der Waals surface area contributed by atoms with Crippen molar-refractivity contribution in [3.05, 3.63) is 229 Å². The second kappa shape index (κ2) is 28.6. The van der Waals surface area contributed by atoms with E-state index in [0.717, 1.165) is 20.7 Å². The number of ketones is 1. The molecule has 0 radical (unpaired) electrons. The number of aliphatic hydroxyl groups excluding tert-OH is 1. The summed E-state index contributed by atoms with van der Waals surface area (Å²) in [5, 5.41) is 24.0. The van der Waals surface area contributed by atoms with Gasteiger partial charge in [0.25, 0.3) is 16.6 Å². The molecule has 0 bridgehead atoms. The summed E-state index contributed by atoms with van der Waals surface area (Å²) in [6.45, 7) is 9.95. The highest BCUT2D eigenvalue weighted by Crippen LogP contribution is 2.48. The third kappa shape index (κ3) is 13.9. The molecule has 0 aromatic heterocycles. The van der Waals surface area contributed by atoms with Crippen LogP contribution < -0.4 is 36.7 Å². The van der Waals surface area contributed by atoms with Crippen molar-refractivity contribution in [2.45, 2.75) is 150 Å². The zero-order valence-corrected chi connectivity index (χ0v) is 55.1. The van der Waals surface area contributed by atoms with Crippen molar-refractivity contribution in [2.24, 2.45) is 5.92 Å². The summed E-state index contributed by atoms with van der Waals surface area (Å²) < 4.78 is 66.3. The molecular weight excluding hydrogens is 1230 g/mol. The van der Waals surface area contributed by atoms with E-state index in [4.69, 9.17) is 47.1 Å². The number of alkyl carbamates (subject to hydrolysis) is 3. The minimum Gasteiger partial charge on any atom is -0.445 e. The van der Waals surface area contributed by atoms with Crippen LogP contribution in [0.5, 0.6) is 0 Å². The van der Waals surface area contributed by atoms with Gasteiger partial charge in [0, 0.05) is 11.5 Å². The SMILES string of the molecule is CC(C)(C[C@H]1[C@H](O[C@@H]2[C@H]3OC(=O)N[C@@H]3C[C@H](NC(=O)OCc3ccccc3)[C@H]2O[C@H]2O[C@@H]3COC(c4ccccc4)O[C@H]3C(=O)[C@H]2NC(=O)OCc2ccccc2)O[C@H](CO[Si](c2ccccc2)(c2ccccc2)C(C)(C)C)[C@H]1O)[Si](O)(c1ccccc1)c1ccccc1. The lowest BCUT2D eigenvalue weighted by atomic mass is 9.83. The van der Waals surface area contributed by atoms with Gasteiger partial charge in [0.05, 0.1) is 31.4 Å². The van der Waals surface area contributed by atoms with Crippen LogP contribution in [0.4, 0.5) is 14.4 Å². The summed E-state index contributed by atoms with van der Waals surface area (Å²) in [5.41, 5.74) is 2.04.